The number of likely N-dealkylation sites (tertiary alicyclic amines) is 1. The maximum atomic E-state index is 12.6. The van der Waals surface area contributed by atoms with Crippen LogP contribution >= 0.6 is 0 Å². The van der Waals surface area contributed by atoms with E-state index in [-0.39, 0.29) is 31.7 Å². The van der Waals surface area contributed by atoms with Crippen LogP contribution in [0.3, 0.4) is 0 Å². The Kier molecular flexibility index (Phi) is 8.50. The molecule has 2 aromatic rings. The SMILES string of the molecule is C#CCOC(=O)c1ccc(C#CC2CCCN2C(=O)CNC(=O)OCc2ccccc2)cc1. The van der Waals surface area contributed by atoms with Crippen LogP contribution in [0, 0.1) is 24.2 Å². The molecule has 1 heterocycles. The number of terminal acetylenes is 1. The van der Waals surface area contributed by atoms with Gasteiger partial charge in [0, 0.05) is 12.1 Å². The second-order valence-corrected chi connectivity index (χ2v) is 7.29. The summed E-state index contributed by atoms with van der Waals surface area (Å²) in [6, 6.07) is 15.7. The van der Waals surface area contributed by atoms with Crippen molar-refractivity contribution in [1.29, 1.82) is 0 Å². The second-order valence-electron chi connectivity index (χ2n) is 7.29. The molecule has 2 aromatic carbocycles. The van der Waals surface area contributed by atoms with Gasteiger partial charge in [0.05, 0.1) is 11.6 Å². The zero-order valence-electron chi connectivity index (χ0n) is 18.1. The molecule has 0 bridgehead atoms. The van der Waals surface area contributed by atoms with Crippen LogP contribution in [0.1, 0.15) is 34.3 Å². The first-order valence-electron chi connectivity index (χ1n) is 10.5. The molecule has 0 aromatic heterocycles. The van der Waals surface area contributed by atoms with Crippen molar-refractivity contribution in [3.05, 3.63) is 71.3 Å². The van der Waals surface area contributed by atoms with Gasteiger partial charge in [-0.1, -0.05) is 48.1 Å². The van der Waals surface area contributed by atoms with E-state index >= 15 is 0 Å². The summed E-state index contributed by atoms with van der Waals surface area (Å²) < 4.78 is 10.0. The molecular weight excluding hydrogens is 420 g/mol. The van der Waals surface area contributed by atoms with Gasteiger partial charge >= 0.3 is 12.1 Å². The first-order valence-corrected chi connectivity index (χ1v) is 10.5. The van der Waals surface area contributed by atoms with Crippen molar-refractivity contribution in [3.63, 3.8) is 0 Å². The molecule has 1 unspecified atom stereocenters. The smallest absolute Gasteiger partial charge is 0.407 e. The summed E-state index contributed by atoms with van der Waals surface area (Å²) >= 11 is 0. The van der Waals surface area contributed by atoms with Gasteiger partial charge in [-0.15, -0.1) is 6.42 Å². The average molecular weight is 444 g/mol. The lowest BCUT2D eigenvalue weighted by Gasteiger charge is -2.20. The highest BCUT2D eigenvalue weighted by Crippen LogP contribution is 2.17. The normalized spacial score (nSPS) is 14.4. The van der Waals surface area contributed by atoms with E-state index in [0.717, 1.165) is 18.4 Å². The van der Waals surface area contributed by atoms with Gasteiger partial charge in [-0.3, -0.25) is 4.79 Å². The Morgan fingerprint density at radius 2 is 1.82 bits per heavy atom. The van der Waals surface area contributed by atoms with Gasteiger partial charge in [0.15, 0.2) is 6.61 Å². The standard InChI is InChI=1S/C26H24N2O5/c1-2-17-32-25(30)22-13-10-20(11-14-22)12-15-23-9-6-16-28(23)24(29)18-27-26(31)33-19-21-7-4-3-5-8-21/h1,3-5,7-8,10-11,13-14,23H,6,9,16-19H2,(H,27,31). The maximum absolute atomic E-state index is 12.6. The molecule has 3 rings (SSSR count). The fraction of sp³-hybridized carbons (Fsp3) is 0.269. The van der Waals surface area contributed by atoms with Crippen molar-refractivity contribution in [2.75, 3.05) is 19.7 Å². The van der Waals surface area contributed by atoms with Gasteiger partial charge in [0.1, 0.15) is 13.2 Å². The third-order valence-electron chi connectivity index (χ3n) is 4.96. The van der Waals surface area contributed by atoms with Gasteiger partial charge in [-0.05, 0) is 42.7 Å². The number of alkyl carbamates (subject to hydrolysis) is 1. The zero-order valence-corrected chi connectivity index (χ0v) is 18.1. The van der Waals surface area contributed by atoms with Gasteiger partial charge in [-0.2, -0.15) is 0 Å². The fourth-order valence-corrected chi connectivity index (χ4v) is 3.29. The molecule has 1 atom stereocenters. The molecule has 168 valence electrons. The Labute approximate surface area is 193 Å². The average Bonchev–Trinajstić information content (AvgIpc) is 3.33. The molecule has 0 saturated carbocycles. The van der Waals surface area contributed by atoms with Gasteiger partial charge in [-0.25, -0.2) is 9.59 Å². The third kappa shape index (κ3) is 7.15. The Morgan fingerprint density at radius 1 is 1.06 bits per heavy atom. The van der Waals surface area contributed by atoms with Crippen molar-refractivity contribution in [2.24, 2.45) is 0 Å². The number of carbonyl (C=O) groups excluding carboxylic acids is 3. The maximum Gasteiger partial charge on any atom is 0.407 e. The highest BCUT2D eigenvalue weighted by Gasteiger charge is 2.27. The van der Waals surface area contributed by atoms with Gasteiger partial charge < -0.3 is 19.7 Å². The molecule has 2 amide bonds. The molecular formula is C26H24N2O5. The van der Waals surface area contributed by atoms with Gasteiger partial charge in [0.25, 0.3) is 0 Å². The molecule has 0 radical (unpaired) electrons. The number of benzene rings is 2. The van der Waals surface area contributed by atoms with Crippen LogP contribution in [0.25, 0.3) is 0 Å². The van der Waals surface area contributed by atoms with Crippen LogP contribution in [0.15, 0.2) is 54.6 Å². The molecule has 1 N–H and O–H groups in total. The Hall–Kier alpha value is -4.23. The highest BCUT2D eigenvalue weighted by molar-refractivity contribution is 5.89. The van der Waals surface area contributed by atoms with E-state index in [0.29, 0.717) is 17.7 Å². The molecule has 33 heavy (non-hydrogen) atoms. The topological polar surface area (TPSA) is 84.9 Å². The first-order chi connectivity index (χ1) is 16.1. The minimum atomic E-state index is -0.644. The van der Waals surface area contributed by atoms with E-state index in [1.807, 2.05) is 30.3 Å². The highest BCUT2D eigenvalue weighted by atomic mass is 16.5. The lowest BCUT2D eigenvalue weighted by Crippen LogP contribution is -2.42. The monoisotopic (exact) mass is 444 g/mol. The summed E-state index contributed by atoms with van der Waals surface area (Å²) in [5.41, 5.74) is 1.97. The number of nitrogens with zero attached hydrogens (tertiary/aromatic N) is 1. The number of nitrogens with one attached hydrogen (secondary N) is 1. The molecule has 0 spiro atoms. The van der Waals surface area contributed by atoms with Crippen LogP contribution in [-0.2, 0) is 20.9 Å². The van der Waals surface area contributed by atoms with Gasteiger partial charge in [0.2, 0.25) is 5.91 Å². The third-order valence-corrected chi connectivity index (χ3v) is 4.96. The fourth-order valence-electron chi connectivity index (χ4n) is 3.29. The van der Waals surface area contributed by atoms with E-state index < -0.39 is 12.1 Å². The van der Waals surface area contributed by atoms with E-state index in [4.69, 9.17) is 15.9 Å². The lowest BCUT2D eigenvalue weighted by atomic mass is 10.1. The van der Waals surface area contributed by atoms with Crippen LogP contribution in [0.4, 0.5) is 4.79 Å². The molecule has 7 nitrogen and oxygen atoms in total. The number of hydrogen-bond acceptors (Lipinski definition) is 5. The van der Waals surface area contributed by atoms with Crippen LogP contribution in [-0.4, -0.2) is 48.6 Å². The van der Waals surface area contributed by atoms with E-state index in [1.165, 1.54) is 0 Å². The van der Waals surface area contributed by atoms with E-state index in [1.54, 1.807) is 29.2 Å². The molecule has 1 aliphatic rings. The second kappa shape index (κ2) is 12.0. The minimum Gasteiger partial charge on any atom is -0.449 e. The first kappa shape index (κ1) is 23.4. The van der Waals surface area contributed by atoms with Crippen molar-refractivity contribution in [3.8, 4) is 24.2 Å². The summed E-state index contributed by atoms with van der Waals surface area (Å²) in [5, 5.41) is 2.50. The number of hydrogen-bond donors (Lipinski definition) is 1. The predicted molar refractivity (Wildman–Crippen MR) is 122 cm³/mol. The Balaban J connectivity index is 1.49. The molecule has 1 fully saturated rings. The molecule has 7 heteroatoms. The summed E-state index contributed by atoms with van der Waals surface area (Å²) in [6.45, 7) is 0.490. The van der Waals surface area contributed by atoms with Crippen LogP contribution in [0.5, 0.6) is 0 Å². The van der Waals surface area contributed by atoms with Crippen LogP contribution in [0.2, 0.25) is 0 Å². The van der Waals surface area contributed by atoms with Crippen LogP contribution < -0.4 is 5.32 Å². The zero-order chi connectivity index (χ0) is 23.5. The van der Waals surface area contributed by atoms with E-state index in [2.05, 4.69) is 23.1 Å². The molecule has 1 saturated heterocycles. The van der Waals surface area contributed by atoms with Crippen molar-refractivity contribution in [1.82, 2.24) is 10.2 Å². The molecule has 1 aliphatic heterocycles. The minimum absolute atomic E-state index is 0.0778. The summed E-state index contributed by atoms with van der Waals surface area (Å²) in [6.07, 6.45) is 6.03. The largest absolute Gasteiger partial charge is 0.449 e. The molecule has 0 aliphatic carbocycles. The Bertz CT molecular complexity index is 1080. The van der Waals surface area contributed by atoms with Crippen molar-refractivity contribution >= 4 is 18.0 Å². The van der Waals surface area contributed by atoms with Crippen molar-refractivity contribution < 1.29 is 23.9 Å². The summed E-state index contributed by atoms with van der Waals surface area (Å²) in [4.78, 5) is 37.9. The quantitative estimate of drug-likeness (QED) is 0.547. The van der Waals surface area contributed by atoms with E-state index in [9.17, 15) is 14.4 Å². The number of amides is 2. The summed E-state index contributed by atoms with van der Waals surface area (Å²) in [5.74, 6) is 7.70. The number of esters is 1. The number of rotatable bonds is 6. The summed E-state index contributed by atoms with van der Waals surface area (Å²) in [7, 11) is 0. The predicted octanol–water partition coefficient (Wildman–Crippen LogP) is 2.75. The lowest BCUT2D eigenvalue weighted by molar-refractivity contribution is -0.130. The van der Waals surface area contributed by atoms with Crippen molar-refractivity contribution in [2.45, 2.75) is 25.5 Å². The Morgan fingerprint density at radius 3 is 2.55 bits per heavy atom. The number of ether oxygens (including phenoxy) is 2. The number of carbonyl (C=O) groups is 3.